The first-order chi connectivity index (χ1) is 12.4. The zero-order valence-corrected chi connectivity index (χ0v) is 16.6. The molecule has 3 unspecified atom stereocenters. The van der Waals surface area contributed by atoms with Crippen LogP contribution in [0.3, 0.4) is 0 Å². The summed E-state index contributed by atoms with van der Waals surface area (Å²) >= 11 is 0. The second kappa shape index (κ2) is 4.67. The number of hydrogen-bond acceptors (Lipinski definition) is 3. The van der Waals surface area contributed by atoms with E-state index in [9.17, 15) is 10.2 Å². The fourth-order valence-electron chi connectivity index (χ4n) is 7.38. The molecular formula is C22H29O3P. The molecular weight excluding hydrogens is 343 g/mol. The summed E-state index contributed by atoms with van der Waals surface area (Å²) in [7, 11) is -1.61. The Morgan fingerprint density at radius 3 is 2.88 bits per heavy atom. The molecule has 0 aromatic heterocycles. The van der Waals surface area contributed by atoms with Gasteiger partial charge in [0.15, 0.2) is 0 Å². The van der Waals surface area contributed by atoms with Gasteiger partial charge in [0, 0.05) is 0 Å². The molecule has 2 heterocycles. The van der Waals surface area contributed by atoms with Gasteiger partial charge in [-0.05, 0) is 0 Å². The van der Waals surface area contributed by atoms with Crippen molar-refractivity contribution in [1.82, 2.24) is 0 Å². The Kier molecular flexibility index (Phi) is 2.87. The van der Waals surface area contributed by atoms with Gasteiger partial charge in [0.05, 0.1) is 0 Å². The van der Waals surface area contributed by atoms with E-state index in [1.54, 1.807) is 6.07 Å². The summed E-state index contributed by atoms with van der Waals surface area (Å²) in [5.74, 6) is 2.19. The average molecular weight is 372 g/mol. The van der Waals surface area contributed by atoms with E-state index >= 15 is 0 Å². The average Bonchev–Trinajstić information content (AvgIpc) is 3.33. The molecule has 2 aliphatic heterocycles. The van der Waals surface area contributed by atoms with Gasteiger partial charge in [-0.15, -0.1) is 0 Å². The maximum atomic E-state index is 12.3. The predicted octanol–water partition coefficient (Wildman–Crippen LogP) is 3.59. The van der Waals surface area contributed by atoms with E-state index in [2.05, 4.69) is 13.2 Å². The minimum absolute atomic E-state index is 0.112. The van der Waals surface area contributed by atoms with E-state index in [0.29, 0.717) is 11.4 Å². The van der Waals surface area contributed by atoms with Crippen LogP contribution in [-0.2, 0) is 11.8 Å². The third kappa shape index (κ3) is 1.65. The number of phenolic OH excluding ortho intramolecular Hbond substituents is 1. The van der Waals surface area contributed by atoms with Crippen LogP contribution in [0.2, 0.25) is 0 Å². The number of aliphatic hydroxyl groups is 1. The third-order valence-electron chi connectivity index (χ3n) is 8.73. The topological polar surface area (TPSA) is 49.7 Å². The van der Waals surface area contributed by atoms with Crippen molar-refractivity contribution in [1.29, 1.82) is 0 Å². The molecule has 3 fully saturated rings. The maximum absolute atomic E-state index is 12.3. The minimum atomic E-state index is -1.61. The summed E-state index contributed by atoms with van der Waals surface area (Å²) in [6.45, 7) is 6.87. The normalized spacial score (nSPS) is 42.8. The van der Waals surface area contributed by atoms with Gasteiger partial charge in [0.25, 0.3) is 0 Å². The monoisotopic (exact) mass is 372 g/mol. The van der Waals surface area contributed by atoms with Crippen molar-refractivity contribution in [2.45, 2.75) is 61.3 Å². The molecule has 4 atom stereocenters. The summed E-state index contributed by atoms with van der Waals surface area (Å²) < 4.78 is 6.42. The molecule has 2 N–H and O–H groups in total. The van der Waals surface area contributed by atoms with Crippen molar-refractivity contribution in [3.63, 3.8) is 0 Å². The van der Waals surface area contributed by atoms with Crippen LogP contribution >= 0.6 is 7.26 Å². The number of phenols is 1. The Balaban J connectivity index is 1.61. The molecule has 1 saturated heterocycles. The number of rotatable bonds is 2. The van der Waals surface area contributed by atoms with E-state index in [-0.39, 0.29) is 11.5 Å². The van der Waals surface area contributed by atoms with Crippen molar-refractivity contribution >= 4 is 7.26 Å². The number of benzene rings is 1. The van der Waals surface area contributed by atoms with Crippen LogP contribution in [-0.4, -0.2) is 46.6 Å². The van der Waals surface area contributed by atoms with Gasteiger partial charge in [0.2, 0.25) is 0 Å². The molecule has 26 heavy (non-hydrogen) atoms. The van der Waals surface area contributed by atoms with E-state index in [1.807, 2.05) is 6.07 Å². The SMILES string of the molecule is C=C1CCC2(O)C3Cc4c(O)ccc5c4[C@@]2(CC[PH]3(C)CC2CC2)C1O5. The Morgan fingerprint density at radius 1 is 1.31 bits per heavy atom. The zero-order valence-electron chi connectivity index (χ0n) is 15.6. The number of ether oxygens (including phenoxy) is 1. The fourth-order valence-corrected chi connectivity index (χ4v) is 13.2. The summed E-state index contributed by atoms with van der Waals surface area (Å²) in [6.07, 6.45) is 8.81. The van der Waals surface area contributed by atoms with Crippen molar-refractivity contribution in [2.24, 2.45) is 5.92 Å². The van der Waals surface area contributed by atoms with Crippen molar-refractivity contribution < 1.29 is 14.9 Å². The first kappa shape index (κ1) is 16.0. The number of hydrogen-bond donors (Lipinski definition) is 2. The first-order valence-corrected chi connectivity index (χ1v) is 13.3. The quantitative estimate of drug-likeness (QED) is 0.616. The molecule has 1 spiro atoms. The summed E-state index contributed by atoms with van der Waals surface area (Å²) in [4.78, 5) is 0. The Bertz CT molecular complexity index is 846. The molecule has 0 amide bonds. The molecule has 0 radical (unpaired) electrons. The molecule has 140 valence electrons. The van der Waals surface area contributed by atoms with Gasteiger partial charge >= 0.3 is 155 Å². The second-order valence-corrected chi connectivity index (χ2v) is 15.0. The third-order valence-corrected chi connectivity index (χ3v) is 14.0. The van der Waals surface area contributed by atoms with Gasteiger partial charge in [-0.3, -0.25) is 0 Å². The molecule has 4 heteroatoms. The van der Waals surface area contributed by atoms with Crippen LogP contribution in [0.5, 0.6) is 11.5 Å². The molecule has 2 bridgehead atoms. The van der Waals surface area contributed by atoms with Crippen molar-refractivity contribution in [3.05, 3.63) is 35.4 Å². The van der Waals surface area contributed by atoms with Crippen LogP contribution in [0, 0.1) is 5.92 Å². The van der Waals surface area contributed by atoms with E-state index in [4.69, 9.17) is 4.74 Å². The van der Waals surface area contributed by atoms with Gasteiger partial charge < -0.3 is 0 Å². The summed E-state index contributed by atoms with van der Waals surface area (Å²) in [6, 6.07) is 3.70. The molecule has 5 aliphatic rings. The van der Waals surface area contributed by atoms with Crippen LogP contribution < -0.4 is 4.74 Å². The standard InChI is InChI=1S/C22H29O3P/c1-13-7-8-22(24)18-11-15-16(23)5-6-17-19(15)21(22,20(13)25-17)9-10-26(18,2)12-14-3-4-14/h5-6,14,18,20,23-24,26H,1,3-4,7-12H2,2H3/t18?,20?,21-,22?/m0/s1. The van der Waals surface area contributed by atoms with Gasteiger partial charge in [0.1, 0.15) is 0 Å². The van der Waals surface area contributed by atoms with Crippen LogP contribution in [0.15, 0.2) is 24.3 Å². The van der Waals surface area contributed by atoms with E-state index < -0.39 is 12.9 Å². The van der Waals surface area contributed by atoms with Gasteiger partial charge in [-0.25, -0.2) is 0 Å². The number of aromatic hydroxyl groups is 1. The van der Waals surface area contributed by atoms with Crippen molar-refractivity contribution in [3.8, 4) is 11.5 Å². The van der Waals surface area contributed by atoms with Crippen molar-refractivity contribution in [2.75, 3.05) is 19.0 Å². The van der Waals surface area contributed by atoms with Gasteiger partial charge in [-0.2, -0.15) is 0 Å². The first-order valence-electron chi connectivity index (χ1n) is 10.3. The van der Waals surface area contributed by atoms with Crippen LogP contribution in [0.25, 0.3) is 0 Å². The van der Waals surface area contributed by atoms with Crippen LogP contribution in [0.4, 0.5) is 0 Å². The summed E-state index contributed by atoms with van der Waals surface area (Å²) in [5, 5.41) is 23.0. The zero-order chi connectivity index (χ0) is 17.9. The fraction of sp³-hybridized carbons (Fsp3) is 0.636. The molecule has 1 aromatic carbocycles. The Hall–Kier alpha value is -1.05. The van der Waals surface area contributed by atoms with E-state index in [1.165, 1.54) is 25.2 Å². The molecule has 3 aliphatic carbocycles. The van der Waals surface area contributed by atoms with E-state index in [0.717, 1.165) is 54.1 Å². The molecule has 3 nitrogen and oxygen atoms in total. The summed E-state index contributed by atoms with van der Waals surface area (Å²) in [5.41, 5.74) is 2.61. The Morgan fingerprint density at radius 2 is 2.12 bits per heavy atom. The molecule has 2 saturated carbocycles. The molecule has 6 rings (SSSR count). The molecule has 1 aromatic rings. The Labute approximate surface area is 155 Å². The predicted molar refractivity (Wildman–Crippen MR) is 106 cm³/mol. The van der Waals surface area contributed by atoms with Gasteiger partial charge in [-0.1, -0.05) is 0 Å². The van der Waals surface area contributed by atoms with Crippen LogP contribution in [0.1, 0.15) is 43.2 Å². The second-order valence-electron chi connectivity index (χ2n) is 10.0.